The topological polar surface area (TPSA) is 64.6 Å². The molecule has 0 heterocycles. The molecule has 0 saturated heterocycles. The molecule has 0 atom stereocenters. The lowest BCUT2D eigenvalue weighted by Gasteiger charge is -2.10. The van der Waals surface area contributed by atoms with E-state index in [1.54, 1.807) is 19.2 Å². The summed E-state index contributed by atoms with van der Waals surface area (Å²) in [6.45, 7) is 0.482. The first kappa shape index (κ1) is 16.7. The standard InChI is InChI=1S/C18H19NO4/c1-22-12-11-19-17(20)13-23-18(21)16-10-6-5-9-15(16)14-7-3-2-4-8-14/h2-10H,11-13H2,1H3,(H,19,20). The van der Waals surface area contributed by atoms with Crippen LogP contribution >= 0.6 is 0 Å². The van der Waals surface area contributed by atoms with E-state index in [-0.39, 0.29) is 12.5 Å². The predicted octanol–water partition coefficient (Wildman–Crippen LogP) is 2.27. The van der Waals surface area contributed by atoms with Gasteiger partial charge in [0, 0.05) is 13.7 Å². The minimum atomic E-state index is -0.522. The fraction of sp³-hybridized carbons (Fsp3) is 0.222. The Hall–Kier alpha value is -2.66. The Bertz CT molecular complexity index is 655. The van der Waals surface area contributed by atoms with Gasteiger partial charge in [-0.2, -0.15) is 0 Å². The van der Waals surface area contributed by atoms with Gasteiger partial charge in [0.05, 0.1) is 12.2 Å². The van der Waals surface area contributed by atoms with Crippen molar-refractivity contribution in [3.8, 4) is 11.1 Å². The summed E-state index contributed by atoms with van der Waals surface area (Å²) in [6, 6.07) is 16.7. The van der Waals surface area contributed by atoms with Crippen LogP contribution in [0, 0.1) is 0 Å². The van der Waals surface area contributed by atoms with Gasteiger partial charge in [-0.25, -0.2) is 4.79 Å². The Balaban J connectivity index is 2.02. The van der Waals surface area contributed by atoms with E-state index in [4.69, 9.17) is 9.47 Å². The fourth-order valence-electron chi connectivity index (χ4n) is 2.08. The Morgan fingerprint density at radius 3 is 2.43 bits per heavy atom. The number of benzene rings is 2. The van der Waals surface area contributed by atoms with Crippen LogP contribution in [0.15, 0.2) is 54.6 Å². The number of methoxy groups -OCH3 is 1. The Labute approximate surface area is 135 Å². The lowest BCUT2D eigenvalue weighted by molar-refractivity contribution is -0.124. The molecule has 0 aliphatic carbocycles. The van der Waals surface area contributed by atoms with Crippen molar-refractivity contribution in [2.75, 3.05) is 26.9 Å². The number of rotatable bonds is 7. The van der Waals surface area contributed by atoms with E-state index < -0.39 is 5.97 Å². The minimum absolute atomic E-state index is 0.314. The molecule has 0 aromatic heterocycles. The van der Waals surface area contributed by atoms with E-state index in [1.807, 2.05) is 42.5 Å². The normalized spacial score (nSPS) is 10.1. The third-order valence-corrected chi connectivity index (χ3v) is 3.19. The monoisotopic (exact) mass is 313 g/mol. The van der Waals surface area contributed by atoms with Crippen molar-refractivity contribution in [3.05, 3.63) is 60.2 Å². The third kappa shape index (κ3) is 4.93. The largest absolute Gasteiger partial charge is 0.452 e. The zero-order chi connectivity index (χ0) is 16.5. The molecular weight excluding hydrogens is 294 g/mol. The van der Waals surface area contributed by atoms with Gasteiger partial charge in [0.2, 0.25) is 0 Å². The number of amides is 1. The van der Waals surface area contributed by atoms with Crippen molar-refractivity contribution in [2.45, 2.75) is 0 Å². The molecule has 0 aliphatic heterocycles. The average Bonchev–Trinajstić information content (AvgIpc) is 2.60. The smallest absolute Gasteiger partial charge is 0.339 e. The summed E-state index contributed by atoms with van der Waals surface area (Å²) >= 11 is 0. The Kier molecular flexibility index (Phi) is 6.32. The summed E-state index contributed by atoms with van der Waals surface area (Å²) < 4.78 is 9.92. The summed E-state index contributed by atoms with van der Waals surface area (Å²) in [5, 5.41) is 2.60. The molecule has 0 aliphatic rings. The van der Waals surface area contributed by atoms with Crippen molar-refractivity contribution >= 4 is 11.9 Å². The lowest BCUT2D eigenvalue weighted by Crippen LogP contribution is -2.31. The lowest BCUT2D eigenvalue weighted by atomic mass is 10.00. The molecule has 23 heavy (non-hydrogen) atoms. The second-order valence-electron chi connectivity index (χ2n) is 4.83. The fourth-order valence-corrected chi connectivity index (χ4v) is 2.08. The first-order valence-electron chi connectivity index (χ1n) is 7.29. The van der Waals surface area contributed by atoms with Crippen LogP contribution in [0.25, 0.3) is 11.1 Å². The molecule has 1 N–H and O–H groups in total. The van der Waals surface area contributed by atoms with Crippen molar-refractivity contribution in [2.24, 2.45) is 0 Å². The Morgan fingerprint density at radius 1 is 1.00 bits per heavy atom. The maximum absolute atomic E-state index is 12.2. The highest BCUT2D eigenvalue weighted by atomic mass is 16.5. The molecule has 5 heteroatoms. The molecule has 2 aromatic rings. The van der Waals surface area contributed by atoms with Crippen LogP contribution in [0.1, 0.15) is 10.4 Å². The summed E-state index contributed by atoms with van der Waals surface area (Å²) in [5.74, 6) is -0.876. The summed E-state index contributed by atoms with van der Waals surface area (Å²) in [7, 11) is 1.55. The van der Waals surface area contributed by atoms with E-state index >= 15 is 0 Å². The zero-order valence-corrected chi connectivity index (χ0v) is 13.0. The highest BCUT2D eigenvalue weighted by molar-refractivity contribution is 5.98. The van der Waals surface area contributed by atoms with Crippen LogP contribution in [0.2, 0.25) is 0 Å². The van der Waals surface area contributed by atoms with Crippen LogP contribution in [0.3, 0.4) is 0 Å². The van der Waals surface area contributed by atoms with Gasteiger partial charge in [-0.3, -0.25) is 4.79 Å². The number of esters is 1. The molecule has 0 bridgehead atoms. The molecule has 1 amide bonds. The summed E-state index contributed by atoms with van der Waals surface area (Å²) in [4.78, 5) is 23.8. The zero-order valence-electron chi connectivity index (χ0n) is 13.0. The van der Waals surface area contributed by atoms with Crippen LogP contribution in [0.4, 0.5) is 0 Å². The molecule has 0 saturated carbocycles. The second-order valence-corrected chi connectivity index (χ2v) is 4.83. The quantitative estimate of drug-likeness (QED) is 0.629. The molecule has 0 radical (unpaired) electrons. The van der Waals surface area contributed by atoms with Crippen molar-refractivity contribution in [1.29, 1.82) is 0 Å². The maximum Gasteiger partial charge on any atom is 0.339 e. The Morgan fingerprint density at radius 2 is 1.70 bits per heavy atom. The third-order valence-electron chi connectivity index (χ3n) is 3.19. The van der Waals surface area contributed by atoms with Gasteiger partial charge in [-0.1, -0.05) is 48.5 Å². The number of carbonyl (C=O) groups is 2. The van der Waals surface area contributed by atoms with Crippen molar-refractivity contribution in [1.82, 2.24) is 5.32 Å². The number of hydrogen-bond acceptors (Lipinski definition) is 4. The van der Waals surface area contributed by atoms with Gasteiger partial charge in [0.1, 0.15) is 0 Å². The first-order chi connectivity index (χ1) is 11.2. The average molecular weight is 313 g/mol. The van der Waals surface area contributed by atoms with E-state index in [1.165, 1.54) is 0 Å². The maximum atomic E-state index is 12.2. The molecule has 0 unspecified atom stereocenters. The molecule has 0 fully saturated rings. The van der Waals surface area contributed by atoms with E-state index in [0.29, 0.717) is 18.7 Å². The van der Waals surface area contributed by atoms with Gasteiger partial charge in [0.15, 0.2) is 6.61 Å². The van der Waals surface area contributed by atoms with Gasteiger partial charge in [-0.05, 0) is 17.2 Å². The van der Waals surface area contributed by atoms with Crippen LogP contribution in [0.5, 0.6) is 0 Å². The molecular formula is C18H19NO4. The number of carbonyl (C=O) groups excluding carboxylic acids is 2. The van der Waals surface area contributed by atoms with Crippen LogP contribution in [-0.4, -0.2) is 38.7 Å². The van der Waals surface area contributed by atoms with Crippen molar-refractivity contribution in [3.63, 3.8) is 0 Å². The van der Waals surface area contributed by atoms with Gasteiger partial charge in [0.25, 0.3) is 5.91 Å². The van der Waals surface area contributed by atoms with E-state index in [2.05, 4.69) is 5.32 Å². The summed E-state index contributed by atoms with van der Waals surface area (Å²) in [5.41, 5.74) is 2.13. The molecule has 2 aromatic carbocycles. The number of nitrogens with one attached hydrogen (secondary N) is 1. The number of ether oxygens (including phenoxy) is 2. The van der Waals surface area contributed by atoms with Crippen LogP contribution < -0.4 is 5.32 Å². The molecule has 0 spiro atoms. The summed E-state index contributed by atoms with van der Waals surface area (Å²) in [6.07, 6.45) is 0. The highest BCUT2D eigenvalue weighted by Crippen LogP contribution is 2.23. The SMILES string of the molecule is COCCNC(=O)COC(=O)c1ccccc1-c1ccccc1. The van der Waals surface area contributed by atoms with E-state index in [0.717, 1.165) is 11.1 Å². The molecule has 2 rings (SSSR count). The second kappa shape index (κ2) is 8.70. The van der Waals surface area contributed by atoms with Crippen molar-refractivity contribution < 1.29 is 19.1 Å². The first-order valence-corrected chi connectivity index (χ1v) is 7.29. The highest BCUT2D eigenvalue weighted by Gasteiger charge is 2.14. The molecule has 5 nitrogen and oxygen atoms in total. The van der Waals surface area contributed by atoms with Gasteiger partial charge in [-0.15, -0.1) is 0 Å². The molecule has 120 valence electrons. The van der Waals surface area contributed by atoms with Crippen LogP contribution in [-0.2, 0) is 14.3 Å². The van der Waals surface area contributed by atoms with E-state index in [9.17, 15) is 9.59 Å². The van der Waals surface area contributed by atoms with Gasteiger partial charge >= 0.3 is 5.97 Å². The number of hydrogen-bond donors (Lipinski definition) is 1. The van der Waals surface area contributed by atoms with Gasteiger partial charge < -0.3 is 14.8 Å². The minimum Gasteiger partial charge on any atom is -0.452 e. The predicted molar refractivity (Wildman–Crippen MR) is 87.0 cm³/mol.